The maximum Gasteiger partial charge on any atom is 0.326 e. The number of aliphatic imine (C=N–C) groups is 1. The number of aliphatic carboxylic acids is 1. The third-order valence-electron chi connectivity index (χ3n) is 8.87. The number of carbonyl (C=O) groups is 5. The average Bonchev–Trinajstić information content (AvgIpc) is 3.84. The number of rotatable bonds is 22. The summed E-state index contributed by atoms with van der Waals surface area (Å²) in [6, 6.07) is 10.5. The van der Waals surface area contributed by atoms with E-state index in [0.29, 0.717) is 17.7 Å². The van der Waals surface area contributed by atoms with E-state index in [1.807, 2.05) is 30.3 Å². The summed E-state index contributed by atoms with van der Waals surface area (Å²) >= 11 is 0. The number of nitrogens with zero attached hydrogens (tertiary/aromatic N) is 2. The maximum atomic E-state index is 14.1. The Kier molecular flexibility index (Phi) is 15.7. The average molecular weight is 759 g/mol. The fourth-order valence-electron chi connectivity index (χ4n) is 5.96. The maximum absolute atomic E-state index is 14.1. The molecule has 4 rings (SSSR count). The molecule has 18 nitrogen and oxygen atoms in total. The highest BCUT2D eigenvalue weighted by molar-refractivity contribution is 5.96. The Morgan fingerprint density at radius 1 is 0.745 bits per heavy atom. The summed E-state index contributed by atoms with van der Waals surface area (Å²) in [6.45, 7) is 0.355. The van der Waals surface area contributed by atoms with Gasteiger partial charge in [-0.3, -0.25) is 24.2 Å². The fourth-order valence-corrected chi connectivity index (χ4v) is 5.96. The Labute approximate surface area is 317 Å². The second-order valence-corrected chi connectivity index (χ2v) is 13.1. The lowest BCUT2D eigenvalue weighted by molar-refractivity contribution is -0.142. The van der Waals surface area contributed by atoms with Crippen LogP contribution < -0.4 is 44.2 Å². The molecule has 294 valence electrons. The Bertz CT molecular complexity index is 1890. The molecule has 55 heavy (non-hydrogen) atoms. The molecule has 0 saturated heterocycles. The van der Waals surface area contributed by atoms with Gasteiger partial charge in [-0.05, 0) is 49.4 Å². The van der Waals surface area contributed by atoms with Crippen LogP contribution in [0.5, 0.6) is 0 Å². The number of nitrogens with two attached hydrogens (primary N) is 4. The first-order valence-corrected chi connectivity index (χ1v) is 18.0. The second-order valence-electron chi connectivity index (χ2n) is 13.1. The Balaban J connectivity index is 1.60. The molecule has 5 atom stereocenters. The van der Waals surface area contributed by atoms with Crippen molar-refractivity contribution in [2.24, 2.45) is 27.9 Å². The van der Waals surface area contributed by atoms with Crippen molar-refractivity contribution in [1.82, 2.24) is 36.2 Å². The van der Waals surface area contributed by atoms with Crippen LogP contribution in [-0.4, -0.2) is 98.9 Å². The molecular formula is C37H50N12O6. The topological polar surface area (TPSA) is 315 Å². The number of carbonyl (C=O) groups excluding carboxylic acids is 4. The molecule has 0 spiro atoms. The third-order valence-corrected chi connectivity index (χ3v) is 8.87. The smallest absolute Gasteiger partial charge is 0.326 e. The van der Waals surface area contributed by atoms with E-state index < -0.39 is 59.8 Å². The number of hydrogen-bond donors (Lipinski definition) is 11. The zero-order valence-electron chi connectivity index (χ0n) is 30.4. The Morgan fingerprint density at radius 3 is 2.04 bits per heavy atom. The zero-order valence-corrected chi connectivity index (χ0v) is 30.4. The Hall–Kier alpha value is -6.27. The minimum absolute atomic E-state index is 0.0135. The van der Waals surface area contributed by atoms with Crippen molar-refractivity contribution in [2.75, 3.05) is 13.1 Å². The quantitative estimate of drug-likeness (QED) is 0.0264. The molecule has 4 aromatic rings. The van der Waals surface area contributed by atoms with Crippen LogP contribution in [0.25, 0.3) is 10.9 Å². The van der Waals surface area contributed by atoms with Crippen LogP contribution in [0.3, 0.4) is 0 Å². The van der Waals surface area contributed by atoms with E-state index in [9.17, 15) is 29.1 Å². The molecule has 0 aliphatic rings. The number of benzene rings is 2. The summed E-state index contributed by atoms with van der Waals surface area (Å²) in [7, 11) is 0. The van der Waals surface area contributed by atoms with E-state index in [1.165, 1.54) is 6.33 Å². The molecule has 0 bridgehead atoms. The normalized spacial score (nSPS) is 13.8. The fraction of sp³-hybridized carbons (Fsp3) is 0.378. The number of fused-ring (bicyclic) bond motifs is 1. The number of amides is 4. The summed E-state index contributed by atoms with van der Waals surface area (Å²) in [5.74, 6) is -4.16. The van der Waals surface area contributed by atoms with Gasteiger partial charge in [0.1, 0.15) is 24.2 Å². The van der Waals surface area contributed by atoms with Gasteiger partial charge >= 0.3 is 5.97 Å². The Morgan fingerprint density at radius 2 is 1.36 bits per heavy atom. The first-order chi connectivity index (χ1) is 26.4. The highest BCUT2D eigenvalue weighted by atomic mass is 16.4. The summed E-state index contributed by atoms with van der Waals surface area (Å²) in [4.78, 5) is 81.2. The number of H-pyrrole nitrogens is 2. The van der Waals surface area contributed by atoms with E-state index in [2.05, 4.69) is 41.2 Å². The number of guanidine groups is 1. The van der Waals surface area contributed by atoms with E-state index in [0.717, 1.165) is 16.5 Å². The molecule has 15 N–H and O–H groups in total. The monoisotopic (exact) mass is 758 g/mol. The predicted octanol–water partition coefficient (Wildman–Crippen LogP) is -0.937. The molecule has 0 fully saturated rings. The van der Waals surface area contributed by atoms with Crippen molar-refractivity contribution in [2.45, 2.75) is 75.2 Å². The molecule has 2 heterocycles. The van der Waals surface area contributed by atoms with Crippen LogP contribution in [0.4, 0.5) is 0 Å². The lowest BCUT2D eigenvalue weighted by atomic mass is 10.0. The number of carboxylic acid groups (broad SMARTS) is 1. The van der Waals surface area contributed by atoms with Gasteiger partial charge in [-0.25, -0.2) is 9.78 Å². The van der Waals surface area contributed by atoms with E-state index in [4.69, 9.17) is 22.9 Å². The van der Waals surface area contributed by atoms with Crippen LogP contribution in [0.2, 0.25) is 0 Å². The van der Waals surface area contributed by atoms with Gasteiger partial charge in [-0.1, -0.05) is 48.5 Å². The molecule has 0 aliphatic carbocycles. The summed E-state index contributed by atoms with van der Waals surface area (Å²) < 4.78 is 0. The number of para-hydroxylation sites is 1. The summed E-state index contributed by atoms with van der Waals surface area (Å²) in [5.41, 5.74) is 25.6. The van der Waals surface area contributed by atoms with Crippen molar-refractivity contribution in [3.8, 4) is 0 Å². The van der Waals surface area contributed by atoms with Gasteiger partial charge in [0.05, 0.1) is 12.4 Å². The number of imidazole rings is 1. The first kappa shape index (κ1) is 41.5. The van der Waals surface area contributed by atoms with E-state index >= 15 is 0 Å². The van der Waals surface area contributed by atoms with Crippen LogP contribution in [0.15, 0.2) is 78.3 Å². The molecule has 18 heteroatoms. The van der Waals surface area contributed by atoms with Gasteiger partial charge in [0.2, 0.25) is 23.6 Å². The molecule has 0 aliphatic heterocycles. The number of carboxylic acids is 1. The highest BCUT2D eigenvalue weighted by Crippen LogP contribution is 2.20. The summed E-state index contributed by atoms with van der Waals surface area (Å²) in [6.07, 6.45) is 5.62. The van der Waals surface area contributed by atoms with Gasteiger partial charge < -0.3 is 59.3 Å². The minimum Gasteiger partial charge on any atom is -0.480 e. The van der Waals surface area contributed by atoms with Gasteiger partial charge in [0, 0.05) is 54.8 Å². The SMILES string of the molecule is NCCC[C@H](NC(=O)[C@H](Cc1c[nH]c2ccccc12)NC(=O)[C@H](CCCN=C(N)N)NC(=O)[C@@H](Cc1ccccc1)NC(=O)[C@@H](N)Cc1cnc[nH]1)C(=O)O. The van der Waals surface area contributed by atoms with Crippen molar-refractivity contribution in [1.29, 1.82) is 0 Å². The van der Waals surface area contributed by atoms with Crippen LogP contribution in [0.1, 0.15) is 42.5 Å². The predicted molar refractivity (Wildman–Crippen MR) is 206 cm³/mol. The lowest BCUT2D eigenvalue weighted by Crippen LogP contribution is -2.59. The van der Waals surface area contributed by atoms with Crippen LogP contribution >= 0.6 is 0 Å². The largest absolute Gasteiger partial charge is 0.480 e. The molecule has 2 aromatic carbocycles. The third kappa shape index (κ3) is 13.0. The molecule has 0 saturated carbocycles. The van der Waals surface area contributed by atoms with Crippen LogP contribution in [-0.2, 0) is 43.2 Å². The standard InChI is InChI=1S/C37H50N12O6/c38-14-6-12-29(36(54)55)47-35(53)31(17-23-19-44-27-11-5-4-10-25(23)27)49-33(51)28(13-7-15-43-37(40)41)46-34(52)30(16-22-8-2-1-3-9-22)48-32(50)26(39)18-24-20-42-21-45-24/h1-5,8-11,19-21,26,28-31,44H,6-7,12-18,38-39H2,(H,42,45)(H,46,52)(H,47,53)(H,48,50)(H,49,51)(H,54,55)(H4,40,41,43)/t26-,28-,29-,30+,31-/m0/s1. The van der Waals surface area contributed by atoms with Gasteiger partial charge in [0.25, 0.3) is 0 Å². The molecular weight excluding hydrogens is 708 g/mol. The van der Waals surface area contributed by atoms with Crippen molar-refractivity contribution < 1.29 is 29.1 Å². The van der Waals surface area contributed by atoms with Crippen molar-refractivity contribution >= 4 is 46.5 Å². The van der Waals surface area contributed by atoms with Gasteiger partial charge in [0.15, 0.2) is 5.96 Å². The van der Waals surface area contributed by atoms with Gasteiger partial charge in [-0.15, -0.1) is 0 Å². The van der Waals surface area contributed by atoms with Gasteiger partial charge in [-0.2, -0.15) is 0 Å². The molecule has 4 amide bonds. The first-order valence-electron chi connectivity index (χ1n) is 18.0. The van der Waals surface area contributed by atoms with E-state index in [-0.39, 0.29) is 57.6 Å². The molecule has 2 aromatic heterocycles. The number of aromatic amines is 2. The van der Waals surface area contributed by atoms with E-state index in [1.54, 1.807) is 36.7 Å². The van der Waals surface area contributed by atoms with Crippen molar-refractivity contribution in [3.05, 3.63) is 90.1 Å². The second kappa shape index (κ2) is 20.8. The zero-order chi connectivity index (χ0) is 39.7. The van der Waals surface area contributed by atoms with Crippen LogP contribution in [0, 0.1) is 0 Å². The number of aromatic nitrogens is 3. The molecule has 0 radical (unpaired) electrons. The molecule has 0 unspecified atom stereocenters. The summed E-state index contributed by atoms with van der Waals surface area (Å²) in [5, 5.41) is 21.4. The number of hydrogen-bond acceptors (Lipinski definition) is 9. The lowest BCUT2D eigenvalue weighted by Gasteiger charge is -2.26. The number of nitrogens with one attached hydrogen (secondary N) is 6. The highest BCUT2D eigenvalue weighted by Gasteiger charge is 2.32. The minimum atomic E-state index is -1.26. The van der Waals surface area contributed by atoms with Crippen molar-refractivity contribution in [3.63, 3.8) is 0 Å².